The Bertz CT molecular complexity index is 272. The standard InChI is InChI=1S/C13H27N3O/c1-10-7-8-15(6)12(17)11(9-14-5)16(10)13(2,3)4/h10-11,14H,7-9H2,1-6H3. The van der Waals surface area contributed by atoms with Gasteiger partial charge < -0.3 is 10.2 Å². The molecule has 1 saturated heterocycles. The highest BCUT2D eigenvalue weighted by atomic mass is 16.2. The van der Waals surface area contributed by atoms with Crippen LogP contribution in [0.15, 0.2) is 0 Å². The van der Waals surface area contributed by atoms with Gasteiger partial charge in [-0.3, -0.25) is 9.69 Å². The SMILES string of the molecule is CNCC1C(=O)N(C)CCC(C)N1C(C)(C)C. The van der Waals surface area contributed by atoms with Crippen molar-refractivity contribution in [2.24, 2.45) is 0 Å². The van der Waals surface area contributed by atoms with Crippen LogP contribution in [0.4, 0.5) is 0 Å². The summed E-state index contributed by atoms with van der Waals surface area (Å²) in [6.45, 7) is 10.3. The maximum absolute atomic E-state index is 12.4. The van der Waals surface area contributed by atoms with Gasteiger partial charge in [0.15, 0.2) is 0 Å². The van der Waals surface area contributed by atoms with Gasteiger partial charge in [0.2, 0.25) is 5.91 Å². The molecule has 0 aromatic heterocycles. The number of hydrogen-bond donors (Lipinski definition) is 1. The topological polar surface area (TPSA) is 35.6 Å². The van der Waals surface area contributed by atoms with E-state index in [0.29, 0.717) is 12.6 Å². The number of amides is 1. The van der Waals surface area contributed by atoms with E-state index in [4.69, 9.17) is 0 Å². The van der Waals surface area contributed by atoms with Gasteiger partial charge in [-0.15, -0.1) is 0 Å². The Labute approximate surface area is 105 Å². The minimum Gasteiger partial charge on any atom is -0.344 e. The van der Waals surface area contributed by atoms with Crippen LogP contribution in [-0.2, 0) is 4.79 Å². The molecular weight excluding hydrogens is 214 g/mol. The summed E-state index contributed by atoms with van der Waals surface area (Å²) in [7, 11) is 3.81. The summed E-state index contributed by atoms with van der Waals surface area (Å²) in [5, 5.41) is 3.15. The molecular formula is C13H27N3O. The first kappa shape index (κ1) is 14.5. The van der Waals surface area contributed by atoms with Crippen LogP contribution in [0, 0.1) is 0 Å². The third-order valence-electron chi connectivity index (χ3n) is 3.53. The molecule has 0 spiro atoms. The molecule has 0 aromatic carbocycles. The molecule has 2 unspecified atom stereocenters. The number of nitrogens with zero attached hydrogens (tertiary/aromatic N) is 2. The summed E-state index contributed by atoms with van der Waals surface area (Å²) in [5.41, 5.74) is 0.0156. The Kier molecular flexibility index (Phi) is 4.55. The largest absolute Gasteiger partial charge is 0.344 e. The van der Waals surface area contributed by atoms with Gasteiger partial charge in [0.1, 0.15) is 6.04 Å². The Hall–Kier alpha value is -0.610. The summed E-state index contributed by atoms with van der Waals surface area (Å²) < 4.78 is 0. The van der Waals surface area contributed by atoms with Crippen LogP contribution in [0.1, 0.15) is 34.1 Å². The van der Waals surface area contributed by atoms with Crippen molar-refractivity contribution in [1.82, 2.24) is 15.1 Å². The minimum atomic E-state index is -0.0532. The molecule has 1 N–H and O–H groups in total. The molecule has 1 fully saturated rings. The predicted octanol–water partition coefficient (Wildman–Crippen LogP) is 0.926. The zero-order valence-corrected chi connectivity index (χ0v) is 12.1. The second-order valence-electron chi connectivity index (χ2n) is 6.05. The highest BCUT2D eigenvalue weighted by Crippen LogP contribution is 2.25. The molecule has 1 aliphatic rings. The van der Waals surface area contributed by atoms with Crippen LogP contribution in [-0.4, -0.2) is 60.5 Å². The van der Waals surface area contributed by atoms with Crippen molar-refractivity contribution in [3.63, 3.8) is 0 Å². The lowest BCUT2D eigenvalue weighted by Crippen LogP contribution is -2.58. The first-order valence-corrected chi connectivity index (χ1v) is 6.47. The van der Waals surface area contributed by atoms with Crippen molar-refractivity contribution in [2.75, 3.05) is 27.2 Å². The Morgan fingerprint density at radius 1 is 1.41 bits per heavy atom. The number of carbonyl (C=O) groups excluding carboxylic acids is 1. The van der Waals surface area contributed by atoms with Crippen LogP contribution in [0.25, 0.3) is 0 Å². The Balaban J connectivity index is 3.04. The van der Waals surface area contributed by atoms with Gasteiger partial charge in [0.05, 0.1) is 0 Å². The Morgan fingerprint density at radius 2 is 2.00 bits per heavy atom. The van der Waals surface area contributed by atoms with E-state index in [1.54, 1.807) is 0 Å². The molecule has 4 nitrogen and oxygen atoms in total. The molecule has 1 heterocycles. The fourth-order valence-electron chi connectivity index (χ4n) is 2.82. The van der Waals surface area contributed by atoms with Gasteiger partial charge in [-0.2, -0.15) is 0 Å². The lowest BCUT2D eigenvalue weighted by molar-refractivity contribution is -0.136. The van der Waals surface area contributed by atoms with Gasteiger partial charge in [0.25, 0.3) is 0 Å². The first-order chi connectivity index (χ1) is 7.79. The second kappa shape index (κ2) is 5.36. The summed E-state index contributed by atoms with van der Waals surface area (Å²) in [5.74, 6) is 0.235. The molecule has 1 rings (SSSR count). The average Bonchev–Trinajstić information content (AvgIpc) is 2.30. The van der Waals surface area contributed by atoms with E-state index < -0.39 is 0 Å². The number of rotatable bonds is 2. The van der Waals surface area contributed by atoms with E-state index in [0.717, 1.165) is 13.0 Å². The zero-order valence-electron chi connectivity index (χ0n) is 12.1. The van der Waals surface area contributed by atoms with Gasteiger partial charge in [-0.25, -0.2) is 0 Å². The second-order valence-corrected chi connectivity index (χ2v) is 6.05. The maximum Gasteiger partial charge on any atom is 0.241 e. The molecule has 0 radical (unpaired) electrons. The third kappa shape index (κ3) is 3.19. The van der Waals surface area contributed by atoms with Crippen LogP contribution in [0.3, 0.4) is 0 Å². The molecule has 0 bridgehead atoms. The molecule has 0 aromatic rings. The number of hydrogen-bond acceptors (Lipinski definition) is 3. The maximum atomic E-state index is 12.4. The molecule has 4 heteroatoms. The van der Waals surface area contributed by atoms with E-state index in [-0.39, 0.29) is 17.5 Å². The van der Waals surface area contributed by atoms with E-state index in [9.17, 15) is 4.79 Å². The lowest BCUT2D eigenvalue weighted by Gasteiger charge is -2.43. The van der Waals surface area contributed by atoms with Crippen molar-refractivity contribution >= 4 is 5.91 Å². The van der Waals surface area contributed by atoms with Crippen LogP contribution >= 0.6 is 0 Å². The van der Waals surface area contributed by atoms with Crippen molar-refractivity contribution in [3.05, 3.63) is 0 Å². The highest BCUT2D eigenvalue weighted by Gasteiger charge is 2.39. The normalized spacial score (nSPS) is 28.4. The van der Waals surface area contributed by atoms with Gasteiger partial charge in [-0.05, 0) is 41.2 Å². The number of nitrogens with one attached hydrogen (secondary N) is 1. The predicted molar refractivity (Wildman–Crippen MR) is 71.0 cm³/mol. The molecule has 0 aliphatic carbocycles. The molecule has 17 heavy (non-hydrogen) atoms. The highest BCUT2D eigenvalue weighted by molar-refractivity contribution is 5.82. The minimum absolute atomic E-state index is 0.0156. The smallest absolute Gasteiger partial charge is 0.241 e. The number of carbonyl (C=O) groups is 1. The zero-order chi connectivity index (χ0) is 13.2. The van der Waals surface area contributed by atoms with E-state index in [1.165, 1.54) is 0 Å². The van der Waals surface area contributed by atoms with Crippen LogP contribution in [0.2, 0.25) is 0 Å². The summed E-state index contributed by atoms with van der Waals surface area (Å²) >= 11 is 0. The third-order valence-corrected chi connectivity index (χ3v) is 3.53. The first-order valence-electron chi connectivity index (χ1n) is 6.47. The van der Waals surface area contributed by atoms with E-state index in [2.05, 4.69) is 37.9 Å². The van der Waals surface area contributed by atoms with Crippen molar-refractivity contribution in [3.8, 4) is 0 Å². The molecule has 1 amide bonds. The molecule has 100 valence electrons. The number of likely N-dealkylation sites (N-methyl/N-ethyl adjacent to an activating group) is 2. The van der Waals surface area contributed by atoms with Crippen LogP contribution in [0.5, 0.6) is 0 Å². The average molecular weight is 241 g/mol. The quantitative estimate of drug-likeness (QED) is 0.781. The van der Waals surface area contributed by atoms with E-state index >= 15 is 0 Å². The molecule has 1 aliphatic heterocycles. The fraction of sp³-hybridized carbons (Fsp3) is 0.923. The fourth-order valence-corrected chi connectivity index (χ4v) is 2.82. The Morgan fingerprint density at radius 3 is 2.47 bits per heavy atom. The summed E-state index contributed by atoms with van der Waals surface area (Å²) in [4.78, 5) is 16.6. The summed E-state index contributed by atoms with van der Waals surface area (Å²) in [6, 6.07) is 0.379. The lowest BCUT2D eigenvalue weighted by atomic mass is 9.98. The van der Waals surface area contributed by atoms with E-state index in [1.807, 2.05) is 19.0 Å². The van der Waals surface area contributed by atoms with Crippen molar-refractivity contribution < 1.29 is 4.79 Å². The summed E-state index contributed by atoms with van der Waals surface area (Å²) in [6.07, 6.45) is 1.04. The molecule has 2 atom stereocenters. The van der Waals surface area contributed by atoms with Crippen molar-refractivity contribution in [2.45, 2.75) is 51.7 Å². The van der Waals surface area contributed by atoms with Gasteiger partial charge in [-0.1, -0.05) is 0 Å². The molecule has 0 saturated carbocycles. The van der Waals surface area contributed by atoms with Gasteiger partial charge in [0, 0.05) is 31.7 Å². The van der Waals surface area contributed by atoms with Crippen LogP contribution < -0.4 is 5.32 Å². The monoisotopic (exact) mass is 241 g/mol. The van der Waals surface area contributed by atoms with Crippen molar-refractivity contribution in [1.29, 1.82) is 0 Å². The van der Waals surface area contributed by atoms with Gasteiger partial charge >= 0.3 is 0 Å².